The van der Waals surface area contributed by atoms with Gasteiger partial charge in [-0.1, -0.05) is 67.3 Å². The smallest absolute Gasteiger partial charge is 0.262 e. The topological polar surface area (TPSA) is 67.6 Å². The molecule has 0 fully saturated rings. The molecule has 1 unspecified atom stereocenters. The highest BCUT2D eigenvalue weighted by Crippen LogP contribution is 2.36. The standard InChI is InChI=1S/C27H19NO4/c1-3-17-12-9-15-21-22(17)24(29)23(18-10-5-4-6-11-18)25(32-21)16(2)28-26(30)19-13-7-8-14-20(19)27(28)31/h3-16H,1H2,2H3. The van der Waals surface area contributed by atoms with Gasteiger partial charge < -0.3 is 4.42 Å². The number of nitrogens with zero attached hydrogens (tertiary/aromatic N) is 1. The van der Waals surface area contributed by atoms with Gasteiger partial charge in [0.25, 0.3) is 11.8 Å². The Kier molecular flexibility index (Phi) is 4.59. The number of hydrogen-bond donors (Lipinski definition) is 0. The largest absolute Gasteiger partial charge is 0.458 e. The lowest BCUT2D eigenvalue weighted by Gasteiger charge is -2.24. The molecule has 2 amide bonds. The van der Waals surface area contributed by atoms with Gasteiger partial charge in [0.05, 0.1) is 28.1 Å². The van der Waals surface area contributed by atoms with Crippen molar-refractivity contribution in [3.8, 4) is 11.1 Å². The van der Waals surface area contributed by atoms with Crippen LogP contribution in [0.25, 0.3) is 28.2 Å². The minimum absolute atomic E-state index is 0.230. The summed E-state index contributed by atoms with van der Waals surface area (Å²) in [4.78, 5) is 41.1. The fourth-order valence-corrected chi connectivity index (χ4v) is 4.30. The predicted molar refractivity (Wildman–Crippen MR) is 123 cm³/mol. The molecule has 0 N–H and O–H groups in total. The first kappa shape index (κ1) is 19.7. The summed E-state index contributed by atoms with van der Waals surface area (Å²) < 4.78 is 6.25. The molecule has 0 aliphatic carbocycles. The molecule has 0 spiro atoms. The van der Waals surface area contributed by atoms with Crippen molar-refractivity contribution in [3.05, 3.63) is 112 Å². The first-order chi connectivity index (χ1) is 15.5. The second-order valence-electron chi connectivity index (χ2n) is 7.66. The van der Waals surface area contributed by atoms with E-state index in [0.717, 1.165) is 0 Å². The highest BCUT2D eigenvalue weighted by Gasteiger charge is 2.40. The zero-order valence-corrected chi connectivity index (χ0v) is 17.4. The van der Waals surface area contributed by atoms with E-state index >= 15 is 0 Å². The van der Waals surface area contributed by atoms with Crippen LogP contribution in [0.5, 0.6) is 0 Å². The summed E-state index contributed by atoms with van der Waals surface area (Å²) in [5.41, 5.74) is 2.49. The summed E-state index contributed by atoms with van der Waals surface area (Å²) >= 11 is 0. The van der Waals surface area contributed by atoms with Gasteiger partial charge in [0, 0.05) is 0 Å². The van der Waals surface area contributed by atoms with E-state index in [1.54, 1.807) is 55.5 Å². The minimum atomic E-state index is -0.790. The SMILES string of the molecule is C=Cc1cccc2oc(C(C)N3C(=O)c4ccccc4C3=O)c(-c3ccccc3)c(=O)c12. The minimum Gasteiger partial charge on any atom is -0.458 e. The lowest BCUT2D eigenvalue weighted by Crippen LogP contribution is -2.33. The third-order valence-electron chi connectivity index (χ3n) is 5.85. The number of fused-ring (bicyclic) bond motifs is 2. The van der Waals surface area contributed by atoms with E-state index in [1.807, 2.05) is 30.3 Å². The zero-order valence-electron chi connectivity index (χ0n) is 17.4. The Bertz CT molecular complexity index is 1430. The van der Waals surface area contributed by atoms with Crippen LogP contribution in [0.2, 0.25) is 0 Å². The molecule has 0 saturated carbocycles. The molecular formula is C27H19NO4. The molecule has 5 heteroatoms. The Morgan fingerprint density at radius 2 is 1.47 bits per heavy atom. The van der Waals surface area contributed by atoms with Gasteiger partial charge in [0.1, 0.15) is 11.3 Å². The number of benzene rings is 3. The molecule has 4 aromatic rings. The van der Waals surface area contributed by atoms with Gasteiger partial charge >= 0.3 is 0 Å². The van der Waals surface area contributed by atoms with Crippen molar-refractivity contribution in [2.45, 2.75) is 13.0 Å². The van der Waals surface area contributed by atoms with E-state index < -0.39 is 17.9 Å². The molecule has 156 valence electrons. The molecule has 5 nitrogen and oxygen atoms in total. The van der Waals surface area contributed by atoms with Crippen LogP contribution in [0.1, 0.15) is 45.0 Å². The first-order valence-corrected chi connectivity index (χ1v) is 10.3. The number of amides is 2. The summed E-state index contributed by atoms with van der Waals surface area (Å²) in [6, 6.07) is 20.3. The van der Waals surface area contributed by atoms with Crippen LogP contribution in [0.15, 0.2) is 88.6 Å². The summed E-state index contributed by atoms with van der Waals surface area (Å²) in [6.45, 7) is 5.51. The molecule has 0 saturated heterocycles. The van der Waals surface area contributed by atoms with Gasteiger partial charge in [-0.25, -0.2) is 0 Å². The van der Waals surface area contributed by atoms with Crippen LogP contribution in [-0.4, -0.2) is 16.7 Å². The van der Waals surface area contributed by atoms with Crippen molar-refractivity contribution >= 4 is 28.9 Å². The van der Waals surface area contributed by atoms with E-state index in [1.165, 1.54) is 4.90 Å². The monoisotopic (exact) mass is 421 g/mol. The lowest BCUT2D eigenvalue weighted by molar-refractivity contribution is 0.0579. The number of carbonyl (C=O) groups excluding carboxylic acids is 2. The second-order valence-corrected chi connectivity index (χ2v) is 7.66. The van der Waals surface area contributed by atoms with Gasteiger partial charge in [0.15, 0.2) is 0 Å². The highest BCUT2D eigenvalue weighted by molar-refractivity contribution is 6.21. The Hall–Kier alpha value is -4.25. The maximum Gasteiger partial charge on any atom is 0.262 e. The molecule has 1 atom stereocenters. The van der Waals surface area contributed by atoms with Gasteiger partial charge in [-0.15, -0.1) is 0 Å². The van der Waals surface area contributed by atoms with Crippen molar-refractivity contribution < 1.29 is 14.0 Å². The number of imide groups is 1. The molecule has 32 heavy (non-hydrogen) atoms. The average Bonchev–Trinajstić information content (AvgIpc) is 3.08. The third kappa shape index (κ3) is 2.82. The van der Waals surface area contributed by atoms with Gasteiger partial charge in [-0.2, -0.15) is 0 Å². The van der Waals surface area contributed by atoms with E-state index in [-0.39, 0.29) is 11.2 Å². The van der Waals surface area contributed by atoms with Crippen molar-refractivity contribution in [2.24, 2.45) is 0 Å². The number of carbonyl (C=O) groups is 2. The van der Waals surface area contributed by atoms with Crippen molar-refractivity contribution in [3.63, 3.8) is 0 Å². The quantitative estimate of drug-likeness (QED) is 0.410. The maximum atomic E-state index is 13.7. The molecular weight excluding hydrogens is 402 g/mol. The van der Waals surface area contributed by atoms with Crippen LogP contribution >= 0.6 is 0 Å². The van der Waals surface area contributed by atoms with E-state index in [9.17, 15) is 14.4 Å². The van der Waals surface area contributed by atoms with Gasteiger partial charge in [-0.05, 0) is 36.2 Å². The van der Waals surface area contributed by atoms with Gasteiger partial charge in [0.2, 0.25) is 5.43 Å². The lowest BCUT2D eigenvalue weighted by atomic mass is 9.97. The van der Waals surface area contributed by atoms with Crippen molar-refractivity contribution in [2.75, 3.05) is 0 Å². The van der Waals surface area contributed by atoms with Crippen LogP contribution in [0.3, 0.4) is 0 Å². The molecule has 1 aliphatic rings. The number of hydrogen-bond acceptors (Lipinski definition) is 4. The fourth-order valence-electron chi connectivity index (χ4n) is 4.30. The molecule has 2 heterocycles. The van der Waals surface area contributed by atoms with Crippen molar-refractivity contribution in [1.82, 2.24) is 4.90 Å². The van der Waals surface area contributed by atoms with Crippen LogP contribution in [0, 0.1) is 0 Å². The normalized spacial score (nSPS) is 14.0. The maximum absolute atomic E-state index is 13.7. The first-order valence-electron chi connectivity index (χ1n) is 10.3. The van der Waals surface area contributed by atoms with Gasteiger partial charge in [-0.3, -0.25) is 19.3 Å². The summed E-state index contributed by atoms with van der Waals surface area (Å²) in [5, 5.41) is 0.416. The number of rotatable bonds is 4. The molecule has 1 aliphatic heterocycles. The van der Waals surface area contributed by atoms with Crippen LogP contribution in [-0.2, 0) is 0 Å². The molecule has 5 rings (SSSR count). The molecule has 0 radical (unpaired) electrons. The Morgan fingerprint density at radius 1 is 0.844 bits per heavy atom. The van der Waals surface area contributed by atoms with Crippen LogP contribution in [0.4, 0.5) is 0 Å². The summed E-state index contributed by atoms with van der Waals surface area (Å²) in [5.74, 6) is -0.538. The molecule has 0 bridgehead atoms. The third-order valence-corrected chi connectivity index (χ3v) is 5.85. The van der Waals surface area contributed by atoms with Crippen LogP contribution < -0.4 is 5.43 Å². The van der Waals surface area contributed by atoms with E-state index in [4.69, 9.17) is 4.42 Å². The Morgan fingerprint density at radius 3 is 2.09 bits per heavy atom. The van der Waals surface area contributed by atoms with E-state index in [2.05, 4.69) is 6.58 Å². The summed E-state index contributed by atoms with van der Waals surface area (Å²) in [6.07, 6.45) is 1.61. The second kappa shape index (κ2) is 7.46. The zero-order chi connectivity index (χ0) is 22.4. The van der Waals surface area contributed by atoms with E-state index in [0.29, 0.717) is 38.8 Å². The Labute approximate surface area is 184 Å². The predicted octanol–water partition coefficient (Wildman–Crippen LogP) is 5.46. The van der Waals surface area contributed by atoms with Crippen molar-refractivity contribution in [1.29, 1.82) is 0 Å². The molecule has 3 aromatic carbocycles. The molecule has 1 aromatic heterocycles. The highest BCUT2D eigenvalue weighted by atomic mass is 16.3. The Balaban J connectivity index is 1.77. The summed E-state index contributed by atoms with van der Waals surface area (Å²) in [7, 11) is 0. The fraction of sp³-hybridized carbons (Fsp3) is 0.0741. The average molecular weight is 421 g/mol.